The molecular weight excluding hydrogens is 362 g/mol. The Kier molecular flexibility index (Phi) is 4.96. The van der Waals surface area contributed by atoms with Crippen molar-refractivity contribution in [3.05, 3.63) is 57.1 Å². The average molecular weight is 382 g/mol. The number of rotatable bonds is 4. The Morgan fingerprint density at radius 2 is 2.27 bits per heavy atom. The first-order valence-electron chi connectivity index (χ1n) is 8.69. The second kappa shape index (κ2) is 7.52. The van der Waals surface area contributed by atoms with Crippen molar-refractivity contribution < 1.29 is 0 Å². The summed E-state index contributed by atoms with van der Waals surface area (Å²) < 4.78 is 2.13. The Balaban J connectivity index is 1.78. The summed E-state index contributed by atoms with van der Waals surface area (Å²) in [6.45, 7) is 5.42. The summed E-state index contributed by atoms with van der Waals surface area (Å²) in [4.78, 5) is 3.34. The van der Waals surface area contributed by atoms with E-state index in [1.807, 2.05) is 12.1 Å². The largest absolute Gasteiger partial charge is 0.329 e. The topological polar surface area (TPSA) is 57.7 Å². The van der Waals surface area contributed by atoms with Crippen LogP contribution in [0, 0.1) is 11.3 Å². The van der Waals surface area contributed by atoms with Gasteiger partial charge in [-0.3, -0.25) is 0 Å². The molecule has 4 rings (SSSR count). The Hall–Kier alpha value is -2.30. The molecule has 2 aliphatic heterocycles. The van der Waals surface area contributed by atoms with Gasteiger partial charge in [0, 0.05) is 24.9 Å². The fourth-order valence-electron chi connectivity index (χ4n) is 3.33. The van der Waals surface area contributed by atoms with E-state index in [1.54, 1.807) is 23.1 Å². The Bertz CT molecular complexity index is 914. The third-order valence-electron chi connectivity index (χ3n) is 4.56. The third kappa shape index (κ3) is 3.00. The summed E-state index contributed by atoms with van der Waals surface area (Å²) in [6, 6.07) is 6.55. The molecule has 0 radical (unpaired) electrons. The maximum Gasteiger partial charge on any atom is 0.177 e. The zero-order valence-electron chi connectivity index (χ0n) is 14.4. The molecule has 0 bridgehead atoms. The van der Waals surface area contributed by atoms with E-state index in [9.17, 15) is 5.26 Å². The SMILES string of the molecule is C=CCN1C(c2cccs2)=CS/C1=C(\C#N)c1nnc2n1CCCCC2. The van der Waals surface area contributed by atoms with Gasteiger partial charge in [-0.2, -0.15) is 5.26 Å². The fourth-order valence-corrected chi connectivity index (χ4v) is 5.19. The van der Waals surface area contributed by atoms with E-state index >= 15 is 0 Å². The van der Waals surface area contributed by atoms with Crippen LogP contribution in [0.1, 0.15) is 35.8 Å². The van der Waals surface area contributed by atoms with Gasteiger partial charge in [0.25, 0.3) is 0 Å². The number of thiophene rings is 1. The van der Waals surface area contributed by atoms with Crippen molar-refractivity contribution in [2.45, 2.75) is 32.2 Å². The standard InChI is InChI=1S/C19H19N5S2/c1-2-9-23-15(16-7-6-11-25-16)13-26-19(23)14(12-20)18-22-21-17-8-4-3-5-10-24(17)18/h2,6-7,11,13H,1,3-5,8-10H2/b19-14+. The van der Waals surface area contributed by atoms with E-state index in [0.29, 0.717) is 17.9 Å². The van der Waals surface area contributed by atoms with Crippen molar-refractivity contribution >= 4 is 34.4 Å². The lowest BCUT2D eigenvalue weighted by atomic mass is 10.2. The maximum absolute atomic E-state index is 9.96. The molecule has 0 unspecified atom stereocenters. The van der Waals surface area contributed by atoms with Crippen molar-refractivity contribution in [2.75, 3.05) is 6.54 Å². The van der Waals surface area contributed by atoms with Crippen LogP contribution in [0.15, 0.2) is 40.6 Å². The molecule has 0 N–H and O–H groups in total. The van der Waals surface area contributed by atoms with Crippen LogP contribution in [-0.4, -0.2) is 26.2 Å². The van der Waals surface area contributed by atoms with E-state index < -0.39 is 0 Å². The highest BCUT2D eigenvalue weighted by Crippen LogP contribution is 2.44. The highest BCUT2D eigenvalue weighted by Gasteiger charge is 2.29. The van der Waals surface area contributed by atoms with Crippen LogP contribution >= 0.6 is 23.1 Å². The van der Waals surface area contributed by atoms with Crippen LogP contribution in [0.2, 0.25) is 0 Å². The van der Waals surface area contributed by atoms with Gasteiger partial charge in [0.15, 0.2) is 5.82 Å². The van der Waals surface area contributed by atoms with Crippen LogP contribution in [0.4, 0.5) is 0 Å². The summed E-state index contributed by atoms with van der Waals surface area (Å²) in [7, 11) is 0. The van der Waals surface area contributed by atoms with Gasteiger partial charge in [-0.15, -0.1) is 28.1 Å². The second-order valence-electron chi connectivity index (χ2n) is 6.19. The molecule has 0 saturated heterocycles. The van der Waals surface area contributed by atoms with Gasteiger partial charge in [0.1, 0.15) is 22.5 Å². The molecule has 0 spiro atoms. The van der Waals surface area contributed by atoms with Crippen molar-refractivity contribution in [3.8, 4) is 6.07 Å². The molecule has 0 amide bonds. The van der Waals surface area contributed by atoms with Crippen molar-refractivity contribution in [1.29, 1.82) is 5.26 Å². The van der Waals surface area contributed by atoms with Crippen LogP contribution in [0.3, 0.4) is 0 Å². The lowest BCUT2D eigenvalue weighted by molar-refractivity contribution is 0.587. The molecule has 0 atom stereocenters. The number of hydrogen-bond acceptors (Lipinski definition) is 6. The van der Waals surface area contributed by atoms with Gasteiger partial charge in [-0.25, -0.2) is 0 Å². The smallest absolute Gasteiger partial charge is 0.177 e. The number of allylic oxidation sites excluding steroid dienone is 1. The van der Waals surface area contributed by atoms with Gasteiger partial charge in [0.05, 0.1) is 10.6 Å². The number of nitriles is 1. The fraction of sp³-hybridized carbons (Fsp3) is 0.316. The summed E-state index contributed by atoms with van der Waals surface area (Å²) in [5.41, 5.74) is 1.71. The molecule has 132 valence electrons. The van der Waals surface area contributed by atoms with E-state index in [4.69, 9.17) is 0 Å². The summed E-state index contributed by atoms with van der Waals surface area (Å²) >= 11 is 3.28. The third-order valence-corrected chi connectivity index (χ3v) is 6.44. The monoisotopic (exact) mass is 381 g/mol. The second-order valence-corrected chi connectivity index (χ2v) is 8.00. The van der Waals surface area contributed by atoms with Crippen molar-refractivity contribution in [1.82, 2.24) is 19.7 Å². The van der Waals surface area contributed by atoms with Gasteiger partial charge < -0.3 is 9.47 Å². The Morgan fingerprint density at radius 1 is 1.35 bits per heavy atom. The molecule has 0 aliphatic carbocycles. The number of aryl methyl sites for hydroxylation is 1. The molecule has 5 nitrogen and oxygen atoms in total. The van der Waals surface area contributed by atoms with E-state index in [2.05, 4.69) is 49.2 Å². The van der Waals surface area contributed by atoms with Crippen molar-refractivity contribution in [2.24, 2.45) is 0 Å². The minimum atomic E-state index is 0.598. The molecule has 2 aliphatic rings. The lowest BCUT2D eigenvalue weighted by Gasteiger charge is -2.22. The van der Waals surface area contributed by atoms with Crippen LogP contribution in [0.5, 0.6) is 0 Å². The zero-order chi connectivity index (χ0) is 17.9. The molecule has 0 saturated carbocycles. The predicted molar refractivity (Wildman–Crippen MR) is 107 cm³/mol. The highest BCUT2D eigenvalue weighted by atomic mass is 32.2. The highest BCUT2D eigenvalue weighted by molar-refractivity contribution is 8.06. The number of thioether (sulfide) groups is 1. The van der Waals surface area contributed by atoms with Crippen LogP contribution in [0.25, 0.3) is 11.3 Å². The minimum absolute atomic E-state index is 0.598. The summed E-state index contributed by atoms with van der Waals surface area (Å²) in [5.74, 6) is 1.69. The first-order chi connectivity index (χ1) is 12.8. The van der Waals surface area contributed by atoms with Crippen LogP contribution in [-0.2, 0) is 13.0 Å². The zero-order valence-corrected chi connectivity index (χ0v) is 16.0. The van der Waals surface area contributed by atoms with E-state index in [0.717, 1.165) is 42.4 Å². The number of aromatic nitrogens is 3. The first kappa shape index (κ1) is 17.1. The number of hydrogen-bond donors (Lipinski definition) is 0. The Labute approximate surface area is 161 Å². The first-order valence-corrected chi connectivity index (χ1v) is 10.5. The van der Waals surface area contributed by atoms with Gasteiger partial charge >= 0.3 is 0 Å². The molecule has 4 heterocycles. The number of fused-ring (bicyclic) bond motifs is 1. The molecule has 0 fully saturated rings. The molecule has 2 aromatic heterocycles. The minimum Gasteiger partial charge on any atom is -0.329 e. The number of nitrogens with zero attached hydrogens (tertiary/aromatic N) is 5. The van der Waals surface area contributed by atoms with Crippen molar-refractivity contribution in [3.63, 3.8) is 0 Å². The van der Waals surface area contributed by atoms with E-state index in [-0.39, 0.29) is 0 Å². The molecule has 26 heavy (non-hydrogen) atoms. The summed E-state index contributed by atoms with van der Waals surface area (Å²) in [5, 5.41) is 23.8. The predicted octanol–water partition coefficient (Wildman–Crippen LogP) is 4.49. The van der Waals surface area contributed by atoms with E-state index in [1.165, 1.54) is 11.3 Å². The summed E-state index contributed by atoms with van der Waals surface area (Å²) in [6.07, 6.45) is 6.24. The van der Waals surface area contributed by atoms with Gasteiger partial charge in [-0.1, -0.05) is 30.3 Å². The molecular formula is C19H19N5S2. The van der Waals surface area contributed by atoms with Crippen LogP contribution < -0.4 is 0 Å². The van der Waals surface area contributed by atoms with Gasteiger partial charge in [-0.05, 0) is 24.3 Å². The quantitative estimate of drug-likeness (QED) is 0.577. The molecule has 7 heteroatoms. The molecule has 2 aromatic rings. The lowest BCUT2D eigenvalue weighted by Crippen LogP contribution is -2.18. The average Bonchev–Trinajstić information content (AvgIpc) is 3.36. The molecule has 0 aromatic carbocycles. The Morgan fingerprint density at radius 3 is 3.04 bits per heavy atom. The normalized spacial score (nSPS) is 18.7. The maximum atomic E-state index is 9.96. The van der Waals surface area contributed by atoms with Gasteiger partial charge in [0.2, 0.25) is 0 Å².